The number of carboxylic acid groups (broad SMARTS) is 1. The molecule has 26 heavy (non-hydrogen) atoms. The average Bonchev–Trinajstić information content (AvgIpc) is 2.62. The van der Waals surface area contributed by atoms with Crippen molar-refractivity contribution in [3.05, 3.63) is 85.1 Å². The van der Waals surface area contributed by atoms with Crippen LogP contribution in [0.2, 0.25) is 0 Å². The minimum atomic E-state index is -0.940. The van der Waals surface area contributed by atoms with E-state index in [-0.39, 0.29) is 0 Å². The van der Waals surface area contributed by atoms with Crippen molar-refractivity contribution in [1.82, 2.24) is 0 Å². The molecule has 0 radical (unpaired) electrons. The van der Waals surface area contributed by atoms with Crippen LogP contribution in [0, 0.1) is 0 Å². The van der Waals surface area contributed by atoms with Gasteiger partial charge < -0.3 is 5.11 Å². The van der Waals surface area contributed by atoms with Crippen molar-refractivity contribution in [3.8, 4) is 0 Å². The molecule has 0 heterocycles. The molecule has 0 aromatic heterocycles. The van der Waals surface area contributed by atoms with Gasteiger partial charge in [0.1, 0.15) is 0 Å². The van der Waals surface area contributed by atoms with Gasteiger partial charge in [-0.2, -0.15) is 0 Å². The maximum atomic E-state index is 10.2. The molecular weight excluding hydrogens is 320 g/mol. The van der Waals surface area contributed by atoms with Crippen molar-refractivity contribution in [2.24, 2.45) is 0 Å². The lowest BCUT2D eigenvalue weighted by atomic mass is 10.1. The fourth-order valence-electron chi connectivity index (χ4n) is 2.17. The molecule has 0 unspecified atom stereocenters. The molecule has 0 aliphatic carbocycles. The van der Waals surface area contributed by atoms with Crippen LogP contribution in [-0.2, 0) is 4.79 Å². The standard InChI is InChI=1S/C24H34O2/c1-2-3-4-5-6-7-8-9-10-11-12-13-14-15-16-17-18-19-20-21-22-23-24(25)26/h10-23H,2-9H2,1H3,(H,25,26). The fraction of sp³-hybridized carbons (Fsp3) is 0.375. The van der Waals surface area contributed by atoms with Gasteiger partial charge >= 0.3 is 5.97 Å². The number of hydrogen-bond acceptors (Lipinski definition) is 1. The predicted molar refractivity (Wildman–Crippen MR) is 114 cm³/mol. The number of allylic oxidation sites excluding steroid dienone is 13. The van der Waals surface area contributed by atoms with Crippen molar-refractivity contribution in [2.45, 2.75) is 58.3 Å². The minimum Gasteiger partial charge on any atom is -0.478 e. The van der Waals surface area contributed by atoms with Gasteiger partial charge in [-0.05, 0) is 12.8 Å². The Balaban J connectivity index is 3.64. The topological polar surface area (TPSA) is 37.3 Å². The van der Waals surface area contributed by atoms with Gasteiger partial charge in [0.15, 0.2) is 0 Å². The zero-order valence-electron chi connectivity index (χ0n) is 16.1. The van der Waals surface area contributed by atoms with Crippen LogP contribution in [-0.4, -0.2) is 11.1 Å². The van der Waals surface area contributed by atoms with E-state index in [4.69, 9.17) is 5.11 Å². The second-order valence-electron chi connectivity index (χ2n) is 5.96. The highest BCUT2D eigenvalue weighted by molar-refractivity contribution is 5.80. The molecule has 0 saturated heterocycles. The molecule has 2 heteroatoms. The average molecular weight is 355 g/mol. The smallest absolute Gasteiger partial charge is 0.328 e. The molecule has 0 fully saturated rings. The van der Waals surface area contributed by atoms with Gasteiger partial charge in [-0.3, -0.25) is 0 Å². The van der Waals surface area contributed by atoms with Crippen molar-refractivity contribution < 1.29 is 9.90 Å². The first kappa shape index (κ1) is 23.6. The van der Waals surface area contributed by atoms with E-state index in [2.05, 4.69) is 25.2 Å². The van der Waals surface area contributed by atoms with E-state index in [0.717, 1.165) is 6.08 Å². The molecule has 0 saturated carbocycles. The molecule has 0 aromatic carbocycles. The van der Waals surface area contributed by atoms with Crippen LogP contribution in [0.25, 0.3) is 0 Å². The van der Waals surface area contributed by atoms with E-state index in [1.54, 1.807) is 12.2 Å². The van der Waals surface area contributed by atoms with Gasteiger partial charge in [-0.1, -0.05) is 124 Å². The van der Waals surface area contributed by atoms with Gasteiger partial charge in [0.25, 0.3) is 0 Å². The molecular formula is C24H34O2. The third-order valence-electron chi connectivity index (χ3n) is 3.57. The molecule has 0 atom stereocenters. The highest BCUT2D eigenvalue weighted by Gasteiger charge is 1.88. The first-order chi connectivity index (χ1) is 12.8. The van der Waals surface area contributed by atoms with Gasteiger partial charge in [-0.25, -0.2) is 4.79 Å². The second-order valence-corrected chi connectivity index (χ2v) is 5.96. The number of carboxylic acids is 1. The number of unbranched alkanes of at least 4 members (excludes halogenated alkanes) is 7. The molecule has 0 aliphatic heterocycles. The van der Waals surface area contributed by atoms with E-state index >= 15 is 0 Å². The lowest BCUT2D eigenvalue weighted by Gasteiger charge is -1.98. The van der Waals surface area contributed by atoms with Crippen LogP contribution >= 0.6 is 0 Å². The summed E-state index contributed by atoms with van der Waals surface area (Å²) in [4.78, 5) is 10.2. The molecule has 0 spiro atoms. The van der Waals surface area contributed by atoms with Crippen LogP contribution in [0.5, 0.6) is 0 Å². The Hall–Kier alpha value is -2.35. The quantitative estimate of drug-likeness (QED) is 0.193. The Morgan fingerprint density at radius 1 is 0.615 bits per heavy atom. The van der Waals surface area contributed by atoms with Gasteiger partial charge in [0, 0.05) is 6.08 Å². The van der Waals surface area contributed by atoms with Crippen LogP contribution in [0.3, 0.4) is 0 Å². The minimum absolute atomic E-state index is 0.940. The Morgan fingerprint density at radius 2 is 1.04 bits per heavy atom. The first-order valence-electron chi connectivity index (χ1n) is 9.67. The zero-order chi connectivity index (χ0) is 19.1. The van der Waals surface area contributed by atoms with E-state index < -0.39 is 5.97 Å². The van der Waals surface area contributed by atoms with Gasteiger partial charge in [-0.15, -0.1) is 0 Å². The normalized spacial score (nSPS) is 13.3. The van der Waals surface area contributed by atoms with Crippen molar-refractivity contribution in [3.63, 3.8) is 0 Å². The summed E-state index contributed by atoms with van der Waals surface area (Å²) < 4.78 is 0. The van der Waals surface area contributed by atoms with Crippen molar-refractivity contribution >= 4 is 5.97 Å². The maximum Gasteiger partial charge on any atom is 0.328 e. The van der Waals surface area contributed by atoms with E-state index in [9.17, 15) is 4.79 Å². The monoisotopic (exact) mass is 354 g/mol. The molecule has 2 nitrogen and oxygen atoms in total. The lowest BCUT2D eigenvalue weighted by molar-refractivity contribution is -0.131. The summed E-state index contributed by atoms with van der Waals surface area (Å²) in [6.45, 7) is 2.26. The molecule has 0 amide bonds. The number of hydrogen-bond donors (Lipinski definition) is 1. The summed E-state index contributed by atoms with van der Waals surface area (Å²) in [6.07, 6.45) is 36.7. The molecule has 142 valence electrons. The van der Waals surface area contributed by atoms with E-state index in [1.165, 1.54) is 57.4 Å². The van der Waals surface area contributed by atoms with Crippen molar-refractivity contribution in [1.29, 1.82) is 0 Å². The fourth-order valence-corrected chi connectivity index (χ4v) is 2.17. The number of carbonyl (C=O) groups is 1. The second kappa shape index (κ2) is 20.7. The summed E-state index contributed by atoms with van der Waals surface area (Å²) >= 11 is 0. The maximum absolute atomic E-state index is 10.2. The molecule has 0 aliphatic rings. The van der Waals surface area contributed by atoms with Crippen LogP contribution in [0.15, 0.2) is 85.1 Å². The third kappa shape index (κ3) is 21.6. The molecule has 1 N–H and O–H groups in total. The lowest BCUT2D eigenvalue weighted by Crippen LogP contribution is -1.84. The Morgan fingerprint density at radius 3 is 1.54 bits per heavy atom. The number of rotatable bonds is 15. The van der Waals surface area contributed by atoms with Gasteiger partial charge in [0.05, 0.1) is 0 Å². The highest BCUT2D eigenvalue weighted by atomic mass is 16.4. The van der Waals surface area contributed by atoms with Crippen molar-refractivity contribution in [2.75, 3.05) is 0 Å². The van der Waals surface area contributed by atoms with Crippen LogP contribution in [0.1, 0.15) is 58.3 Å². The van der Waals surface area contributed by atoms with Gasteiger partial charge in [0.2, 0.25) is 0 Å². The summed E-state index contributed by atoms with van der Waals surface area (Å²) in [7, 11) is 0. The Labute approximate surface area is 159 Å². The number of aliphatic carboxylic acids is 1. The van der Waals surface area contributed by atoms with Crippen LogP contribution < -0.4 is 0 Å². The summed E-state index contributed by atoms with van der Waals surface area (Å²) in [5.74, 6) is -0.940. The Kier molecular flexibility index (Phi) is 18.8. The summed E-state index contributed by atoms with van der Waals surface area (Å²) in [6, 6.07) is 0. The largest absolute Gasteiger partial charge is 0.478 e. The van der Waals surface area contributed by atoms with E-state index in [1.807, 2.05) is 42.5 Å². The predicted octanol–water partition coefficient (Wildman–Crippen LogP) is 7.11. The summed E-state index contributed by atoms with van der Waals surface area (Å²) in [5, 5.41) is 8.41. The molecule has 0 aromatic rings. The zero-order valence-corrected chi connectivity index (χ0v) is 16.1. The third-order valence-corrected chi connectivity index (χ3v) is 3.57. The SMILES string of the molecule is CCCCCCCCCC=CC=CC=CC=CC=CC=CC=CC(=O)O. The highest BCUT2D eigenvalue weighted by Crippen LogP contribution is 2.08. The first-order valence-corrected chi connectivity index (χ1v) is 9.67. The summed E-state index contributed by atoms with van der Waals surface area (Å²) in [5.41, 5.74) is 0. The molecule has 0 bridgehead atoms. The van der Waals surface area contributed by atoms with Crippen LogP contribution in [0.4, 0.5) is 0 Å². The molecule has 0 rings (SSSR count). The Bertz CT molecular complexity index is 528. The van der Waals surface area contributed by atoms with E-state index in [0.29, 0.717) is 0 Å².